The SMILES string of the molecule is CCCCC/C=C/CC/C=C/C(O)C(COP(=O)([O-])OCC[N+](C)(C)C)NC(=O)CCCCCCCCCCCCCCCC/C=C\CCCCCCCCCCCCCC. The number of quaternary nitrogens is 1. The van der Waals surface area contributed by atoms with Gasteiger partial charge in [0.25, 0.3) is 7.82 Å². The predicted molar refractivity (Wildman–Crippen MR) is 261 cm³/mol. The summed E-state index contributed by atoms with van der Waals surface area (Å²) in [5.41, 5.74) is 0. The highest BCUT2D eigenvalue weighted by atomic mass is 31.2. The van der Waals surface area contributed by atoms with E-state index in [1.54, 1.807) is 6.08 Å². The first kappa shape index (κ1) is 59.7. The lowest BCUT2D eigenvalue weighted by Crippen LogP contribution is -2.45. The number of likely N-dealkylation sites (N-methyl/N-ethyl adjacent to an activating group) is 1. The highest BCUT2D eigenvalue weighted by molar-refractivity contribution is 7.45. The summed E-state index contributed by atoms with van der Waals surface area (Å²) in [6.45, 7) is 4.58. The Kier molecular flexibility index (Phi) is 43.0. The maximum absolute atomic E-state index is 12.9. The lowest BCUT2D eigenvalue weighted by Gasteiger charge is -2.29. The molecule has 9 heteroatoms. The maximum Gasteiger partial charge on any atom is 0.268 e. The molecule has 3 unspecified atom stereocenters. The molecule has 0 aromatic rings. The van der Waals surface area contributed by atoms with Gasteiger partial charge in [0, 0.05) is 6.42 Å². The van der Waals surface area contributed by atoms with E-state index >= 15 is 0 Å². The molecular weight excluding hydrogens is 780 g/mol. The minimum absolute atomic E-state index is 0.00610. The number of nitrogens with one attached hydrogen (secondary N) is 1. The molecule has 0 heterocycles. The zero-order chi connectivity index (χ0) is 45.0. The van der Waals surface area contributed by atoms with E-state index in [-0.39, 0.29) is 12.5 Å². The van der Waals surface area contributed by atoms with Crippen molar-refractivity contribution in [3.63, 3.8) is 0 Å². The Morgan fingerprint density at radius 3 is 1.36 bits per heavy atom. The van der Waals surface area contributed by atoms with Gasteiger partial charge in [0.1, 0.15) is 13.2 Å². The van der Waals surface area contributed by atoms with Crippen LogP contribution in [-0.2, 0) is 18.4 Å². The van der Waals surface area contributed by atoms with E-state index in [9.17, 15) is 19.4 Å². The van der Waals surface area contributed by atoms with Crippen molar-refractivity contribution in [3.05, 3.63) is 36.5 Å². The van der Waals surface area contributed by atoms with Crippen molar-refractivity contribution in [1.29, 1.82) is 0 Å². The second kappa shape index (κ2) is 43.9. The maximum atomic E-state index is 12.9. The number of carbonyl (C=O) groups is 1. The lowest BCUT2D eigenvalue weighted by molar-refractivity contribution is -0.870. The Hall–Kier alpha value is -1.28. The number of aliphatic hydroxyl groups is 1. The third-order valence-electron chi connectivity index (χ3n) is 11.6. The average Bonchev–Trinajstić information content (AvgIpc) is 3.21. The molecule has 61 heavy (non-hydrogen) atoms. The van der Waals surface area contributed by atoms with Gasteiger partial charge in [0.2, 0.25) is 5.91 Å². The topological polar surface area (TPSA) is 108 Å². The van der Waals surface area contributed by atoms with Crippen LogP contribution < -0.4 is 10.2 Å². The van der Waals surface area contributed by atoms with Crippen molar-refractivity contribution in [2.24, 2.45) is 0 Å². The number of rotatable bonds is 47. The number of hydrogen-bond donors (Lipinski definition) is 2. The summed E-state index contributed by atoms with van der Waals surface area (Å²) >= 11 is 0. The van der Waals surface area contributed by atoms with E-state index < -0.39 is 26.6 Å². The summed E-state index contributed by atoms with van der Waals surface area (Å²) in [5.74, 6) is -0.209. The molecule has 0 aliphatic heterocycles. The molecular formula is C52H101N2O6P. The molecule has 0 rings (SSSR count). The van der Waals surface area contributed by atoms with E-state index in [0.29, 0.717) is 17.4 Å². The number of hydrogen-bond acceptors (Lipinski definition) is 6. The minimum Gasteiger partial charge on any atom is -0.756 e. The molecule has 0 spiro atoms. The van der Waals surface area contributed by atoms with Gasteiger partial charge in [-0.3, -0.25) is 9.36 Å². The summed E-state index contributed by atoms with van der Waals surface area (Å²) in [6.07, 6.45) is 55.3. The van der Waals surface area contributed by atoms with Crippen LogP contribution in [0.2, 0.25) is 0 Å². The predicted octanol–water partition coefficient (Wildman–Crippen LogP) is 14.4. The molecule has 3 atom stereocenters. The monoisotopic (exact) mass is 881 g/mol. The van der Waals surface area contributed by atoms with Gasteiger partial charge in [0.15, 0.2) is 0 Å². The number of allylic oxidation sites excluding steroid dienone is 5. The highest BCUT2D eigenvalue weighted by Crippen LogP contribution is 2.38. The number of nitrogens with zero attached hydrogens (tertiary/aromatic N) is 1. The van der Waals surface area contributed by atoms with Gasteiger partial charge in [-0.05, 0) is 57.8 Å². The summed E-state index contributed by atoms with van der Waals surface area (Å²) in [7, 11) is 1.24. The molecule has 1 amide bonds. The van der Waals surface area contributed by atoms with Crippen molar-refractivity contribution >= 4 is 13.7 Å². The third kappa shape index (κ3) is 46.5. The molecule has 0 radical (unpaired) electrons. The van der Waals surface area contributed by atoms with Crippen LogP contribution in [-0.4, -0.2) is 68.5 Å². The van der Waals surface area contributed by atoms with Crippen LogP contribution in [0.4, 0.5) is 0 Å². The van der Waals surface area contributed by atoms with Gasteiger partial charge in [-0.1, -0.05) is 211 Å². The van der Waals surface area contributed by atoms with Crippen molar-refractivity contribution in [2.75, 3.05) is 40.9 Å². The number of aliphatic hydroxyl groups excluding tert-OH is 1. The summed E-state index contributed by atoms with van der Waals surface area (Å²) < 4.78 is 23.1. The number of unbranched alkanes of at least 4 members (excludes halogenated alkanes) is 30. The van der Waals surface area contributed by atoms with Gasteiger partial charge in [-0.25, -0.2) is 0 Å². The Labute approximate surface area is 378 Å². The van der Waals surface area contributed by atoms with Crippen LogP contribution >= 0.6 is 7.82 Å². The van der Waals surface area contributed by atoms with Gasteiger partial charge >= 0.3 is 0 Å². The summed E-state index contributed by atoms with van der Waals surface area (Å²) in [5, 5.41) is 13.7. The van der Waals surface area contributed by atoms with Crippen LogP contribution in [0.5, 0.6) is 0 Å². The van der Waals surface area contributed by atoms with E-state index in [2.05, 4.69) is 43.5 Å². The van der Waals surface area contributed by atoms with Crippen molar-refractivity contribution < 1.29 is 32.9 Å². The van der Waals surface area contributed by atoms with E-state index in [1.807, 2.05) is 27.2 Å². The summed E-state index contributed by atoms with van der Waals surface area (Å²) in [4.78, 5) is 25.3. The zero-order valence-electron chi connectivity index (χ0n) is 40.9. The first-order valence-corrected chi connectivity index (χ1v) is 27.3. The first-order chi connectivity index (χ1) is 29.5. The van der Waals surface area contributed by atoms with Gasteiger partial charge in [-0.15, -0.1) is 0 Å². The van der Waals surface area contributed by atoms with Crippen LogP contribution in [0.15, 0.2) is 36.5 Å². The zero-order valence-corrected chi connectivity index (χ0v) is 41.8. The molecule has 0 aromatic carbocycles. The number of phosphoric acid groups is 1. The van der Waals surface area contributed by atoms with Crippen LogP contribution in [0.3, 0.4) is 0 Å². The van der Waals surface area contributed by atoms with Gasteiger partial charge in [-0.2, -0.15) is 0 Å². The van der Waals surface area contributed by atoms with Crippen molar-refractivity contribution in [3.8, 4) is 0 Å². The fourth-order valence-corrected chi connectivity index (χ4v) is 8.18. The molecule has 0 saturated carbocycles. The van der Waals surface area contributed by atoms with Crippen LogP contribution in [0, 0.1) is 0 Å². The molecule has 360 valence electrons. The molecule has 0 aromatic heterocycles. The third-order valence-corrected chi connectivity index (χ3v) is 12.5. The van der Waals surface area contributed by atoms with Crippen LogP contribution in [0.25, 0.3) is 0 Å². The second-order valence-electron chi connectivity index (χ2n) is 18.9. The Morgan fingerprint density at radius 2 is 0.918 bits per heavy atom. The van der Waals surface area contributed by atoms with Crippen molar-refractivity contribution in [2.45, 2.75) is 251 Å². The van der Waals surface area contributed by atoms with E-state index in [1.165, 1.54) is 180 Å². The van der Waals surface area contributed by atoms with Gasteiger partial charge in [0.05, 0.1) is 39.9 Å². The summed E-state index contributed by atoms with van der Waals surface area (Å²) in [6, 6.07) is -0.899. The van der Waals surface area contributed by atoms with E-state index in [0.717, 1.165) is 38.5 Å². The Balaban J connectivity index is 4.00. The average molecular weight is 881 g/mol. The van der Waals surface area contributed by atoms with Crippen molar-refractivity contribution in [1.82, 2.24) is 5.32 Å². The first-order valence-electron chi connectivity index (χ1n) is 25.9. The largest absolute Gasteiger partial charge is 0.756 e. The normalized spacial score (nSPS) is 14.4. The molecule has 0 fully saturated rings. The second-order valence-corrected chi connectivity index (χ2v) is 20.3. The number of amides is 1. The quantitative estimate of drug-likeness (QED) is 0.0273. The smallest absolute Gasteiger partial charge is 0.268 e. The minimum atomic E-state index is -4.59. The molecule has 2 N–H and O–H groups in total. The van der Waals surface area contributed by atoms with Gasteiger partial charge < -0.3 is 28.8 Å². The molecule has 0 aliphatic carbocycles. The standard InChI is InChI=1S/C52H101N2O6P/c1-6-8-10-12-14-16-17-18-19-20-21-22-23-24-25-26-27-28-29-30-31-32-33-34-35-36-38-40-42-44-46-52(56)53-50(49-60-61(57,58)59-48-47-54(3,4)5)51(55)45-43-41-39-37-15-13-11-9-7-2/h15,24-25,37,43,45,50-51,55H,6-14,16-23,26-36,38-42,44,46-49H2,1-5H3,(H-,53,56,57,58)/b25-24-,37-15+,45-43+. The fraction of sp³-hybridized carbons (Fsp3) is 0.865. The Bertz CT molecular complexity index is 1090. The fourth-order valence-electron chi connectivity index (χ4n) is 7.46. The molecule has 0 aliphatic rings. The number of phosphoric ester groups is 1. The molecule has 0 saturated heterocycles. The Morgan fingerprint density at radius 1 is 0.557 bits per heavy atom. The highest BCUT2D eigenvalue weighted by Gasteiger charge is 2.23. The lowest BCUT2D eigenvalue weighted by atomic mass is 10.0. The van der Waals surface area contributed by atoms with Crippen LogP contribution in [0.1, 0.15) is 239 Å². The molecule has 0 bridgehead atoms. The van der Waals surface area contributed by atoms with E-state index in [4.69, 9.17) is 9.05 Å². The number of carbonyl (C=O) groups excluding carboxylic acids is 1. The molecule has 8 nitrogen and oxygen atoms in total.